The van der Waals surface area contributed by atoms with Gasteiger partial charge < -0.3 is 15.6 Å². The molecule has 4 aromatic rings. The fraction of sp³-hybridized carbons (Fsp3) is 0.158. The molecule has 134 valence electrons. The second kappa shape index (κ2) is 6.21. The molecule has 0 radical (unpaired) electrons. The van der Waals surface area contributed by atoms with E-state index in [1.807, 2.05) is 6.07 Å². The number of hydrogen-bond acceptors (Lipinski definition) is 6. The molecule has 0 bridgehead atoms. The first-order valence-corrected chi connectivity index (χ1v) is 9.01. The van der Waals surface area contributed by atoms with Gasteiger partial charge >= 0.3 is 0 Å². The average Bonchev–Trinajstić information content (AvgIpc) is 3.10. The Morgan fingerprint density at radius 2 is 1.96 bits per heavy atom. The van der Waals surface area contributed by atoms with Crippen molar-refractivity contribution in [1.82, 2.24) is 24.9 Å². The first-order chi connectivity index (χ1) is 13.2. The summed E-state index contributed by atoms with van der Waals surface area (Å²) in [7, 11) is 0. The third kappa shape index (κ3) is 2.86. The van der Waals surface area contributed by atoms with Gasteiger partial charge in [-0.15, -0.1) is 0 Å². The lowest BCUT2D eigenvalue weighted by Gasteiger charge is -2.30. The number of nitrogens with one attached hydrogen (secondary N) is 1. The van der Waals surface area contributed by atoms with Crippen LogP contribution in [-0.2, 0) is 13.0 Å². The Morgan fingerprint density at radius 1 is 1.11 bits per heavy atom. The fourth-order valence-electron chi connectivity index (χ4n) is 3.47. The van der Waals surface area contributed by atoms with Crippen LogP contribution in [0.3, 0.4) is 0 Å². The fourth-order valence-corrected chi connectivity index (χ4v) is 3.60. The van der Waals surface area contributed by atoms with Gasteiger partial charge in [-0.2, -0.15) is 0 Å². The Balaban J connectivity index is 1.56. The summed E-state index contributed by atoms with van der Waals surface area (Å²) in [5.41, 5.74) is 10.8. The topological polar surface area (TPSA) is 96.6 Å². The maximum absolute atomic E-state index is 6.09. The number of benzene rings is 1. The molecule has 0 fully saturated rings. The van der Waals surface area contributed by atoms with E-state index in [-0.39, 0.29) is 0 Å². The van der Waals surface area contributed by atoms with Gasteiger partial charge in [0.25, 0.3) is 0 Å². The van der Waals surface area contributed by atoms with Gasteiger partial charge in [0.15, 0.2) is 11.5 Å². The van der Waals surface area contributed by atoms with E-state index in [1.54, 1.807) is 6.20 Å². The van der Waals surface area contributed by atoms with Crippen LogP contribution in [0.2, 0.25) is 5.15 Å². The number of H-pyrrole nitrogens is 1. The van der Waals surface area contributed by atoms with Gasteiger partial charge in [0.2, 0.25) is 0 Å². The molecule has 0 unspecified atom stereocenters. The molecule has 1 aliphatic rings. The second-order valence-corrected chi connectivity index (χ2v) is 6.89. The zero-order valence-corrected chi connectivity index (χ0v) is 15.1. The van der Waals surface area contributed by atoms with Gasteiger partial charge in [-0.25, -0.2) is 19.9 Å². The van der Waals surface area contributed by atoms with Crippen molar-refractivity contribution in [3.63, 3.8) is 0 Å². The molecule has 0 atom stereocenters. The van der Waals surface area contributed by atoms with Crippen molar-refractivity contribution in [2.24, 2.45) is 0 Å². The lowest BCUT2D eigenvalue weighted by Crippen LogP contribution is -2.31. The minimum absolute atomic E-state index is 0.320. The van der Waals surface area contributed by atoms with Crippen molar-refractivity contribution in [2.45, 2.75) is 13.0 Å². The van der Waals surface area contributed by atoms with Crippen LogP contribution in [0.25, 0.3) is 22.6 Å². The molecule has 4 heterocycles. The monoisotopic (exact) mass is 377 g/mol. The molecule has 3 N–H and O–H groups in total. The predicted molar refractivity (Wildman–Crippen MR) is 106 cm³/mol. The Bertz CT molecular complexity index is 1150. The summed E-state index contributed by atoms with van der Waals surface area (Å²) in [6, 6.07) is 10.3. The van der Waals surface area contributed by atoms with Crippen LogP contribution in [0.1, 0.15) is 11.1 Å². The van der Waals surface area contributed by atoms with E-state index in [0.717, 1.165) is 30.9 Å². The number of halogens is 1. The van der Waals surface area contributed by atoms with E-state index in [1.165, 1.54) is 17.3 Å². The molecule has 27 heavy (non-hydrogen) atoms. The number of rotatable bonds is 2. The Hall–Kier alpha value is -3.19. The smallest absolute Gasteiger partial charge is 0.167 e. The van der Waals surface area contributed by atoms with Crippen LogP contribution in [0.15, 0.2) is 42.7 Å². The Kier molecular flexibility index (Phi) is 3.68. The van der Waals surface area contributed by atoms with Gasteiger partial charge in [-0.1, -0.05) is 35.9 Å². The van der Waals surface area contributed by atoms with Gasteiger partial charge in [0.05, 0.1) is 11.8 Å². The van der Waals surface area contributed by atoms with E-state index in [2.05, 4.69) is 49.1 Å². The number of nitrogens with two attached hydrogens (primary N) is 1. The zero-order chi connectivity index (χ0) is 18.4. The van der Waals surface area contributed by atoms with Crippen LogP contribution in [-0.4, -0.2) is 31.5 Å². The van der Waals surface area contributed by atoms with Crippen molar-refractivity contribution < 1.29 is 0 Å². The summed E-state index contributed by atoms with van der Waals surface area (Å²) in [5.74, 6) is 1.72. The van der Waals surface area contributed by atoms with Crippen molar-refractivity contribution in [3.05, 3.63) is 59.0 Å². The first kappa shape index (κ1) is 16.0. The van der Waals surface area contributed by atoms with E-state index in [0.29, 0.717) is 28.0 Å². The quantitative estimate of drug-likeness (QED) is 0.556. The Labute approximate surface area is 160 Å². The summed E-state index contributed by atoms with van der Waals surface area (Å²) in [6.45, 7) is 1.68. The van der Waals surface area contributed by atoms with Gasteiger partial charge in [0, 0.05) is 25.4 Å². The molecule has 1 aromatic carbocycles. The average molecular weight is 378 g/mol. The molecule has 7 nitrogen and oxygen atoms in total. The molecule has 1 aliphatic heterocycles. The molecule has 8 heteroatoms. The lowest BCUT2D eigenvalue weighted by molar-refractivity contribution is 0.720. The van der Waals surface area contributed by atoms with Gasteiger partial charge in [-0.05, 0) is 17.5 Å². The lowest BCUT2D eigenvalue weighted by atomic mass is 10.00. The maximum atomic E-state index is 6.09. The van der Waals surface area contributed by atoms with Crippen molar-refractivity contribution >= 4 is 34.4 Å². The first-order valence-electron chi connectivity index (χ1n) is 8.63. The number of hydrogen-bond donors (Lipinski definition) is 2. The highest BCUT2D eigenvalue weighted by atomic mass is 35.5. The molecule has 0 aliphatic carbocycles. The van der Waals surface area contributed by atoms with Gasteiger partial charge in [-0.3, -0.25) is 0 Å². The Morgan fingerprint density at radius 3 is 2.85 bits per heavy atom. The molecule has 0 saturated heterocycles. The van der Waals surface area contributed by atoms with E-state index >= 15 is 0 Å². The molecule has 0 amide bonds. The zero-order valence-electron chi connectivity index (χ0n) is 14.4. The maximum Gasteiger partial charge on any atom is 0.167 e. The van der Waals surface area contributed by atoms with Crippen LogP contribution in [0.5, 0.6) is 0 Å². The van der Waals surface area contributed by atoms with Crippen LogP contribution in [0.4, 0.5) is 11.6 Å². The summed E-state index contributed by atoms with van der Waals surface area (Å²) >= 11 is 6.01. The van der Waals surface area contributed by atoms with Crippen molar-refractivity contribution in [3.8, 4) is 11.4 Å². The number of aromatic amines is 1. The number of nitrogens with zero attached hydrogens (tertiary/aromatic N) is 5. The summed E-state index contributed by atoms with van der Waals surface area (Å²) in [5, 5.41) is 0.320. The highest BCUT2D eigenvalue weighted by Gasteiger charge is 2.20. The minimum atomic E-state index is 0.320. The standard InChI is InChI=1S/C19H16ClN7/c20-14-9-23-19-17(24-14)13(8-22-19)18-25-15(21)7-16(26-18)27-6-5-11-3-1-2-4-12(11)10-27/h1-4,7-9H,5-6,10H2,(H,22,23)(H2,21,25,26). The SMILES string of the molecule is Nc1cc(N2CCc3ccccc3C2)nc(-c2c[nH]c3ncc(Cl)nc23)n1. The van der Waals surface area contributed by atoms with Crippen molar-refractivity contribution in [1.29, 1.82) is 0 Å². The van der Waals surface area contributed by atoms with E-state index in [4.69, 9.17) is 22.3 Å². The van der Waals surface area contributed by atoms with E-state index in [9.17, 15) is 0 Å². The number of fused-ring (bicyclic) bond motifs is 2. The molecule has 0 saturated carbocycles. The number of anilines is 2. The molecule has 3 aromatic heterocycles. The summed E-state index contributed by atoms with van der Waals surface area (Å²) in [4.78, 5) is 23.0. The van der Waals surface area contributed by atoms with Gasteiger partial charge in [0.1, 0.15) is 22.3 Å². The minimum Gasteiger partial charge on any atom is -0.384 e. The molecule has 5 rings (SSSR count). The molecular weight excluding hydrogens is 362 g/mol. The second-order valence-electron chi connectivity index (χ2n) is 6.51. The highest BCUT2D eigenvalue weighted by molar-refractivity contribution is 6.29. The molecule has 0 spiro atoms. The highest BCUT2D eigenvalue weighted by Crippen LogP contribution is 2.29. The number of aromatic nitrogens is 5. The van der Waals surface area contributed by atoms with Crippen LogP contribution >= 0.6 is 11.6 Å². The normalized spacial score (nSPS) is 13.7. The van der Waals surface area contributed by atoms with Crippen LogP contribution in [0, 0.1) is 0 Å². The van der Waals surface area contributed by atoms with E-state index < -0.39 is 0 Å². The third-order valence-electron chi connectivity index (χ3n) is 4.78. The predicted octanol–water partition coefficient (Wildman–Crippen LogP) is 3.21. The number of nitrogen functional groups attached to an aromatic ring is 1. The third-order valence-corrected chi connectivity index (χ3v) is 4.96. The summed E-state index contributed by atoms with van der Waals surface area (Å²) < 4.78 is 0. The summed E-state index contributed by atoms with van der Waals surface area (Å²) in [6.07, 6.45) is 4.26. The molecular formula is C19H16ClN7. The van der Waals surface area contributed by atoms with Crippen LogP contribution < -0.4 is 10.6 Å². The van der Waals surface area contributed by atoms with Crippen molar-refractivity contribution in [2.75, 3.05) is 17.2 Å². The largest absolute Gasteiger partial charge is 0.384 e.